The number of guanidine groups is 1. The van der Waals surface area contributed by atoms with Crippen molar-refractivity contribution in [3.8, 4) is 0 Å². The highest BCUT2D eigenvalue weighted by atomic mass is 127. The molecule has 2 rings (SSSR count). The third-order valence-electron chi connectivity index (χ3n) is 4.58. The zero-order valence-electron chi connectivity index (χ0n) is 15.3. The van der Waals surface area contributed by atoms with E-state index in [0.29, 0.717) is 27.9 Å². The van der Waals surface area contributed by atoms with Gasteiger partial charge in [-0.2, -0.15) is 0 Å². The predicted molar refractivity (Wildman–Crippen MR) is 125 cm³/mol. The molecular formula is C18H28Cl2IN3OS. The fourth-order valence-corrected chi connectivity index (χ4v) is 5.15. The molecule has 26 heavy (non-hydrogen) atoms. The maximum Gasteiger partial charge on any atom is 0.191 e. The lowest BCUT2D eigenvalue weighted by Crippen LogP contribution is -2.47. The number of hydrogen-bond acceptors (Lipinski definition) is 2. The van der Waals surface area contributed by atoms with Crippen LogP contribution >= 0.6 is 47.2 Å². The summed E-state index contributed by atoms with van der Waals surface area (Å²) in [5.74, 6) is 1.51. The molecule has 1 saturated carbocycles. The maximum atomic E-state index is 12.1. The van der Waals surface area contributed by atoms with E-state index >= 15 is 0 Å². The van der Waals surface area contributed by atoms with Gasteiger partial charge >= 0.3 is 0 Å². The highest BCUT2D eigenvalue weighted by Gasteiger charge is 2.26. The van der Waals surface area contributed by atoms with E-state index in [-0.39, 0.29) is 24.0 Å². The van der Waals surface area contributed by atoms with Crippen LogP contribution in [0.4, 0.5) is 0 Å². The lowest BCUT2D eigenvalue weighted by Gasteiger charge is -2.30. The van der Waals surface area contributed by atoms with Gasteiger partial charge in [-0.1, -0.05) is 42.6 Å². The Morgan fingerprint density at radius 1 is 1.31 bits per heavy atom. The van der Waals surface area contributed by atoms with Crippen LogP contribution < -0.4 is 10.6 Å². The summed E-state index contributed by atoms with van der Waals surface area (Å²) in [6.07, 6.45) is 4.94. The van der Waals surface area contributed by atoms with Crippen molar-refractivity contribution in [2.24, 2.45) is 4.99 Å². The standard InChI is InChI=1S/C18H27Cl2N3OS.HI/c1-3-25(24)14-7-4-6-13(12-14)23-18(21-2)22-11-10-15-16(19)8-5-9-17(15)20;/h5,8-9,13-14H,3-4,6-7,10-12H2,1-2H3,(H2,21,22,23);1H. The third-order valence-corrected chi connectivity index (χ3v) is 7.02. The summed E-state index contributed by atoms with van der Waals surface area (Å²) >= 11 is 12.4. The number of hydrogen-bond donors (Lipinski definition) is 2. The van der Waals surface area contributed by atoms with Gasteiger partial charge in [-0.3, -0.25) is 9.20 Å². The summed E-state index contributed by atoms with van der Waals surface area (Å²) in [6, 6.07) is 5.88. The first-order chi connectivity index (χ1) is 12.0. The SMILES string of the molecule is CCS(=O)C1CCCC(NC(=NC)NCCc2c(Cl)cccc2Cl)C1.I. The molecule has 4 nitrogen and oxygen atoms in total. The van der Waals surface area contributed by atoms with Gasteiger partial charge in [0.15, 0.2) is 5.96 Å². The number of aliphatic imine (C=N–C) groups is 1. The molecule has 0 radical (unpaired) electrons. The van der Waals surface area contributed by atoms with Crippen molar-refractivity contribution in [1.29, 1.82) is 0 Å². The first-order valence-electron chi connectivity index (χ1n) is 8.82. The van der Waals surface area contributed by atoms with Gasteiger partial charge in [-0.15, -0.1) is 24.0 Å². The minimum Gasteiger partial charge on any atom is -0.356 e. The first kappa shape index (κ1) is 24.0. The van der Waals surface area contributed by atoms with E-state index in [2.05, 4.69) is 15.6 Å². The summed E-state index contributed by atoms with van der Waals surface area (Å²) in [7, 11) is 1.05. The molecule has 1 fully saturated rings. The fraction of sp³-hybridized carbons (Fsp3) is 0.611. The van der Waals surface area contributed by atoms with Crippen LogP contribution in [0.3, 0.4) is 0 Å². The Labute approximate surface area is 186 Å². The molecule has 3 atom stereocenters. The molecule has 1 aliphatic rings. The van der Waals surface area contributed by atoms with E-state index in [1.165, 1.54) is 0 Å². The van der Waals surface area contributed by atoms with Crippen LogP contribution in [0.1, 0.15) is 38.2 Å². The summed E-state index contributed by atoms with van der Waals surface area (Å²) in [4.78, 5) is 4.30. The van der Waals surface area contributed by atoms with Crippen LogP contribution in [0, 0.1) is 0 Å². The van der Waals surface area contributed by atoms with Gasteiger partial charge in [0, 0.05) is 51.5 Å². The minimum atomic E-state index is -0.716. The van der Waals surface area contributed by atoms with Crippen molar-refractivity contribution >= 4 is 63.9 Å². The number of nitrogens with zero attached hydrogens (tertiary/aromatic N) is 1. The highest BCUT2D eigenvalue weighted by Crippen LogP contribution is 2.24. The first-order valence-corrected chi connectivity index (χ1v) is 11.0. The fourth-order valence-electron chi connectivity index (χ4n) is 3.22. The topological polar surface area (TPSA) is 53.5 Å². The van der Waals surface area contributed by atoms with Crippen molar-refractivity contribution in [2.75, 3.05) is 19.3 Å². The van der Waals surface area contributed by atoms with E-state index in [1.807, 2.05) is 25.1 Å². The molecule has 148 valence electrons. The maximum absolute atomic E-state index is 12.1. The number of halogens is 3. The molecule has 0 aromatic heterocycles. The Balaban J connectivity index is 0.00000338. The van der Waals surface area contributed by atoms with E-state index in [9.17, 15) is 4.21 Å². The second-order valence-electron chi connectivity index (χ2n) is 6.25. The molecule has 0 heterocycles. The molecular weight excluding hydrogens is 504 g/mol. The van der Waals surface area contributed by atoms with Crippen molar-refractivity contribution < 1.29 is 4.21 Å². The van der Waals surface area contributed by atoms with Crippen LogP contribution in [-0.2, 0) is 17.2 Å². The Hall–Kier alpha value is -0.0500. The van der Waals surface area contributed by atoms with E-state index < -0.39 is 10.8 Å². The normalized spacial score (nSPS) is 21.6. The van der Waals surface area contributed by atoms with Gasteiger partial charge in [0.25, 0.3) is 0 Å². The van der Waals surface area contributed by atoms with Crippen LogP contribution in [0.15, 0.2) is 23.2 Å². The summed E-state index contributed by atoms with van der Waals surface area (Å²) in [6.45, 7) is 2.69. The Morgan fingerprint density at radius 3 is 2.62 bits per heavy atom. The molecule has 8 heteroatoms. The predicted octanol–water partition coefficient (Wildman–Crippen LogP) is 4.40. The molecule has 1 aromatic carbocycles. The number of nitrogens with one attached hydrogen (secondary N) is 2. The van der Waals surface area contributed by atoms with Crippen molar-refractivity contribution in [1.82, 2.24) is 10.6 Å². The quantitative estimate of drug-likeness (QED) is 0.325. The van der Waals surface area contributed by atoms with Crippen molar-refractivity contribution in [3.05, 3.63) is 33.8 Å². The molecule has 0 aliphatic heterocycles. The van der Waals surface area contributed by atoms with Gasteiger partial charge in [0.1, 0.15) is 0 Å². The third kappa shape index (κ3) is 7.17. The van der Waals surface area contributed by atoms with Crippen molar-refractivity contribution in [2.45, 2.75) is 50.3 Å². The van der Waals surface area contributed by atoms with Crippen LogP contribution in [0.5, 0.6) is 0 Å². The zero-order chi connectivity index (χ0) is 18.2. The van der Waals surface area contributed by atoms with E-state index in [0.717, 1.165) is 49.4 Å². The number of rotatable bonds is 6. The van der Waals surface area contributed by atoms with Crippen molar-refractivity contribution in [3.63, 3.8) is 0 Å². The second-order valence-corrected chi connectivity index (χ2v) is 9.07. The molecule has 3 unspecified atom stereocenters. The molecule has 0 bridgehead atoms. The smallest absolute Gasteiger partial charge is 0.191 e. The van der Waals surface area contributed by atoms with Crippen LogP contribution in [0.25, 0.3) is 0 Å². The summed E-state index contributed by atoms with van der Waals surface area (Å²) in [5, 5.41) is 8.47. The van der Waals surface area contributed by atoms with Gasteiger partial charge < -0.3 is 10.6 Å². The molecule has 1 aliphatic carbocycles. The molecule has 0 spiro atoms. The summed E-state index contributed by atoms with van der Waals surface area (Å²) in [5.41, 5.74) is 0.949. The average molecular weight is 532 g/mol. The number of benzene rings is 1. The Bertz CT molecular complexity index is 610. The van der Waals surface area contributed by atoms with E-state index in [1.54, 1.807) is 7.05 Å². The molecule has 2 N–H and O–H groups in total. The van der Waals surface area contributed by atoms with Gasteiger partial charge in [0.05, 0.1) is 0 Å². The van der Waals surface area contributed by atoms with Crippen LogP contribution in [-0.4, -0.2) is 40.8 Å². The van der Waals surface area contributed by atoms with Gasteiger partial charge in [-0.25, -0.2) is 0 Å². The molecule has 0 saturated heterocycles. The minimum absolute atomic E-state index is 0. The monoisotopic (exact) mass is 531 g/mol. The average Bonchev–Trinajstić information content (AvgIpc) is 2.62. The Morgan fingerprint density at radius 2 is 2.00 bits per heavy atom. The Kier molecular flexibility index (Phi) is 11.5. The molecule has 0 amide bonds. The highest BCUT2D eigenvalue weighted by molar-refractivity contribution is 14.0. The molecule has 1 aromatic rings. The largest absolute Gasteiger partial charge is 0.356 e. The van der Waals surface area contributed by atoms with Crippen LogP contribution in [0.2, 0.25) is 10.0 Å². The lowest BCUT2D eigenvalue weighted by atomic mass is 9.95. The second kappa shape index (κ2) is 12.4. The van der Waals surface area contributed by atoms with E-state index in [4.69, 9.17) is 23.2 Å². The lowest BCUT2D eigenvalue weighted by molar-refractivity contribution is 0.413. The van der Waals surface area contributed by atoms with Gasteiger partial charge in [-0.05, 0) is 43.4 Å². The van der Waals surface area contributed by atoms with Gasteiger partial charge in [0.2, 0.25) is 0 Å². The summed E-state index contributed by atoms with van der Waals surface area (Å²) < 4.78 is 12.1. The zero-order valence-corrected chi connectivity index (χ0v) is 19.9.